The number of primary amides is 1. The molecule has 5 rings (SSSR count). The van der Waals surface area contributed by atoms with Crippen LogP contribution in [0.3, 0.4) is 0 Å². The minimum atomic E-state index is -2.79. The first kappa shape index (κ1) is 28.7. The standard InChI is InChI=1S/C28H33FN4O8/c1-5-6-33(4)14-9-12-18(29)11-7-10-8-13-20(32(2)3)23(36)17(26(30)39)25(38)28(13,41)24(37)15(10)21(34)16(11)22(35)19(12)31-27(14)40/h10,13-14,20,35-37,41H,5-9H2,1-4H3,(H2,30,39)(H,31,40)/t10-,13-,14?,20-,28-/m1/s1. The van der Waals surface area contributed by atoms with Crippen LogP contribution >= 0.6 is 0 Å². The molecule has 1 aromatic carbocycles. The van der Waals surface area contributed by atoms with E-state index in [2.05, 4.69) is 5.32 Å². The highest BCUT2D eigenvalue weighted by molar-refractivity contribution is 6.25. The maximum atomic E-state index is 16.2. The Bertz CT molecular complexity index is 1480. The van der Waals surface area contributed by atoms with Gasteiger partial charge in [-0.15, -0.1) is 0 Å². The molecule has 5 atom stereocenters. The van der Waals surface area contributed by atoms with Crippen molar-refractivity contribution in [3.63, 3.8) is 0 Å². The number of aliphatic hydroxyl groups is 3. The topological polar surface area (TPSA) is 194 Å². The van der Waals surface area contributed by atoms with E-state index in [1.165, 1.54) is 19.0 Å². The van der Waals surface area contributed by atoms with Gasteiger partial charge in [-0.25, -0.2) is 4.39 Å². The number of hydrogen-bond acceptors (Lipinski definition) is 10. The monoisotopic (exact) mass is 572 g/mol. The Labute approximate surface area is 234 Å². The molecule has 1 heterocycles. The van der Waals surface area contributed by atoms with Crippen LogP contribution in [-0.2, 0) is 27.2 Å². The Kier molecular flexibility index (Phi) is 6.75. The molecule has 3 aliphatic carbocycles. The van der Waals surface area contributed by atoms with E-state index in [0.29, 0.717) is 6.54 Å². The first-order valence-corrected chi connectivity index (χ1v) is 13.4. The van der Waals surface area contributed by atoms with Crippen LogP contribution in [0.15, 0.2) is 22.7 Å². The van der Waals surface area contributed by atoms with Crippen LogP contribution in [0.25, 0.3) is 0 Å². The highest BCUT2D eigenvalue weighted by atomic mass is 19.1. The molecule has 1 aromatic rings. The van der Waals surface area contributed by atoms with E-state index in [1.54, 1.807) is 11.9 Å². The number of nitrogens with two attached hydrogens (primary N) is 1. The van der Waals surface area contributed by atoms with Crippen molar-refractivity contribution in [1.82, 2.24) is 9.80 Å². The summed E-state index contributed by atoms with van der Waals surface area (Å²) in [6, 6.07) is -1.84. The van der Waals surface area contributed by atoms with E-state index in [9.17, 15) is 39.6 Å². The lowest BCUT2D eigenvalue weighted by atomic mass is 9.58. The third kappa shape index (κ3) is 3.82. The zero-order valence-corrected chi connectivity index (χ0v) is 23.1. The second-order valence-corrected chi connectivity index (χ2v) is 11.5. The van der Waals surface area contributed by atoms with Gasteiger partial charge < -0.3 is 31.5 Å². The van der Waals surface area contributed by atoms with Crippen molar-refractivity contribution in [3.8, 4) is 5.75 Å². The molecule has 7 N–H and O–H groups in total. The Hall–Kier alpha value is -3.81. The van der Waals surface area contributed by atoms with Crippen LogP contribution in [0, 0.1) is 17.7 Å². The predicted molar refractivity (Wildman–Crippen MR) is 143 cm³/mol. The maximum Gasteiger partial charge on any atom is 0.255 e. The van der Waals surface area contributed by atoms with Gasteiger partial charge in [0.1, 0.15) is 22.9 Å². The van der Waals surface area contributed by atoms with Gasteiger partial charge >= 0.3 is 0 Å². The summed E-state index contributed by atoms with van der Waals surface area (Å²) in [6.07, 6.45) is 0.396. The summed E-state index contributed by atoms with van der Waals surface area (Å²) in [5.41, 5.74) is 0.454. The van der Waals surface area contributed by atoms with Crippen molar-refractivity contribution in [2.75, 3.05) is 33.0 Å². The molecule has 0 radical (unpaired) electrons. The smallest absolute Gasteiger partial charge is 0.255 e. The number of nitrogens with one attached hydrogen (secondary N) is 1. The van der Waals surface area contributed by atoms with Crippen molar-refractivity contribution < 1.29 is 44.0 Å². The van der Waals surface area contributed by atoms with E-state index < -0.39 is 92.7 Å². The van der Waals surface area contributed by atoms with E-state index >= 15 is 4.39 Å². The Morgan fingerprint density at radius 2 is 1.78 bits per heavy atom. The second-order valence-electron chi connectivity index (χ2n) is 11.5. The summed E-state index contributed by atoms with van der Waals surface area (Å²) in [5.74, 6) is -9.45. The molecule has 0 saturated heterocycles. The third-order valence-corrected chi connectivity index (χ3v) is 8.98. The number of aromatic hydroxyl groups is 1. The minimum absolute atomic E-state index is 0.0364. The van der Waals surface area contributed by atoms with Gasteiger partial charge in [0.25, 0.3) is 5.91 Å². The van der Waals surface area contributed by atoms with Crippen molar-refractivity contribution >= 4 is 29.1 Å². The van der Waals surface area contributed by atoms with Crippen LogP contribution in [-0.4, -0.2) is 99.0 Å². The molecule has 1 aliphatic heterocycles. The molecule has 0 fully saturated rings. The number of rotatable bonds is 5. The number of likely N-dealkylation sites (N-methyl/N-ethyl adjacent to an activating group) is 2. The zero-order valence-electron chi connectivity index (χ0n) is 23.1. The molecule has 0 saturated carbocycles. The molecule has 4 aliphatic rings. The van der Waals surface area contributed by atoms with E-state index in [4.69, 9.17) is 5.73 Å². The van der Waals surface area contributed by atoms with Crippen LogP contribution < -0.4 is 11.1 Å². The summed E-state index contributed by atoms with van der Waals surface area (Å²) in [4.78, 5) is 55.4. The van der Waals surface area contributed by atoms with Gasteiger partial charge in [0.2, 0.25) is 11.7 Å². The number of amides is 2. The maximum absolute atomic E-state index is 16.2. The molecule has 41 heavy (non-hydrogen) atoms. The molecule has 13 heteroatoms. The minimum Gasteiger partial charge on any atom is -0.510 e. The number of benzene rings is 1. The average molecular weight is 573 g/mol. The number of phenolic OH excluding ortho intramolecular Hbond substituents is 1. The number of carbonyl (C=O) groups is 4. The summed E-state index contributed by atoms with van der Waals surface area (Å²) in [7, 11) is 4.79. The van der Waals surface area contributed by atoms with E-state index in [1.807, 2.05) is 6.92 Å². The van der Waals surface area contributed by atoms with Crippen LogP contribution in [0.2, 0.25) is 0 Å². The summed E-state index contributed by atoms with van der Waals surface area (Å²) >= 11 is 0. The van der Waals surface area contributed by atoms with Gasteiger partial charge in [-0.2, -0.15) is 0 Å². The molecule has 220 valence electrons. The molecule has 0 spiro atoms. The number of allylic oxidation sites excluding steroid dienone is 1. The fourth-order valence-electron chi connectivity index (χ4n) is 7.08. The van der Waals surface area contributed by atoms with Gasteiger partial charge in [-0.05, 0) is 52.9 Å². The lowest BCUT2D eigenvalue weighted by molar-refractivity contribution is -0.148. The fraction of sp³-hybridized carbons (Fsp3) is 0.500. The van der Waals surface area contributed by atoms with Crippen molar-refractivity contribution in [2.24, 2.45) is 17.6 Å². The van der Waals surface area contributed by atoms with Crippen molar-refractivity contribution in [2.45, 2.75) is 50.3 Å². The zero-order chi connectivity index (χ0) is 30.3. The number of fused-ring (bicyclic) bond motifs is 4. The van der Waals surface area contributed by atoms with Gasteiger partial charge in [0.05, 0.1) is 23.3 Å². The van der Waals surface area contributed by atoms with Gasteiger partial charge in [-0.3, -0.25) is 29.0 Å². The molecular weight excluding hydrogens is 539 g/mol. The van der Waals surface area contributed by atoms with Crippen LogP contribution in [0.4, 0.5) is 10.1 Å². The highest BCUT2D eigenvalue weighted by Gasteiger charge is 2.63. The highest BCUT2D eigenvalue weighted by Crippen LogP contribution is 2.53. The van der Waals surface area contributed by atoms with Gasteiger partial charge in [0, 0.05) is 29.0 Å². The first-order valence-electron chi connectivity index (χ1n) is 13.4. The van der Waals surface area contributed by atoms with Crippen molar-refractivity contribution in [3.05, 3.63) is 45.2 Å². The second kappa shape index (κ2) is 9.64. The summed E-state index contributed by atoms with van der Waals surface area (Å²) in [5, 5.41) is 47.5. The number of halogens is 1. The summed E-state index contributed by atoms with van der Waals surface area (Å²) < 4.78 is 16.2. The molecule has 0 aromatic heterocycles. The SMILES string of the molecule is CCCN(C)C1Cc2c(F)c3c(c(O)c2NC1=O)C(=O)C1=C(O)[C@@]2(O)C(=O)C(C(N)=O)=C(O)[C@H](N(C)C)[C@H]2C[C@H]1C3. The number of anilines is 1. The average Bonchev–Trinajstić information content (AvgIpc) is 2.88. The lowest BCUT2D eigenvalue weighted by Gasteiger charge is -2.50. The van der Waals surface area contributed by atoms with Crippen molar-refractivity contribution in [1.29, 1.82) is 0 Å². The number of phenols is 1. The fourth-order valence-corrected chi connectivity index (χ4v) is 7.08. The number of aliphatic hydroxyl groups excluding tert-OH is 2. The summed E-state index contributed by atoms with van der Waals surface area (Å²) in [6.45, 7) is 2.52. The quantitative estimate of drug-likeness (QED) is 0.213. The van der Waals surface area contributed by atoms with Crippen LogP contribution in [0.1, 0.15) is 41.3 Å². The van der Waals surface area contributed by atoms with E-state index in [-0.39, 0.29) is 36.1 Å². The first-order chi connectivity index (χ1) is 19.2. The Balaban J connectivity index is 1.67. The van der Waals surface area contributed by atoms with E-state index in [0.717, 1.165) is 6.42 Å². The molecule has 2 amide bonds. The Morgan fingerprint density at radius 3 is 2.37 bits per heavy atom. The molecular formula is C28H33FN4O8. The van der Waals surface area contributed by atoms with Gasteiger partial charge in [-0.1, -0.05) is 6.92 Å². The van der Waals surface area contributed by atoms with Crippen LogP contribution in [0.5, 0.6) is 5.75 Å². The Morgan fingerprint density at radius 1 is 1.12 bits per heavy atom. The number of Topliss-reactive ketones (excluding diaryl/α,β-unsaturated/α-hetero) is 2. The number of carbonyl (C=O) groups excluding carboxylic acids is 4. The lowest BCUT2D eigenvalue weighted by Crippen LogP contribution is -2.63. The number of ketones is 2. The third-order valence-electron chi connectivity index (χ3n) is 8.98. The number of hydrogen-bond donors (Lipinski definition) is 6. The van der Waals surface area contributed by atoms with Gasteiger partial charge in [0.15, 0.2) is 17.1 Å². The molecule has 0 bridgehead atoms. The molecule has 1 unspecified atom stereocenters. The largest absolute Gasteiger partial charge is 0.510 e. The molecule has 12 nitrogen and oxygen atoms in total. The normalized spacial score (nSPS) is 29.3. The predicted octanol–water partition coefficient (Wildman–Crippen LogP) is 0.465. The number of nitrogens with zero attached hydrogens (tertiary/aromatic N) is 2.